The largest absolute Gasteiger partial charge is 0.573 e. The Labute approximate surface area is 99.2 Å². The zero-order chi connectivity index (χ0) is 11.9. The van der Waals surface area contributed by atoms with Gasteiger partial charge in [0.2, 0.25) is 0 Å². The van der Waals surface area contributed by atoms with Crippen LogP contribution in [0, 0.1) is 0 Å². The van der Waals surface area contributed by atoms with Gasteiger partial charge in [-0.2, -0.15) is 0 Å². The van der Waals surface area contributed by atoms with Gasteiger partial charge in [-0.3, -0.25) is 0 Å². The van der Waals surface area contributed by atoms with Crippen molar-refractivity contribution in [3.05, 3.63) is 24.3 Å². The number of halogens is 4. The molecule has 2 nitrogen and oxygen atoms in total. The standard InChI is InChI=1S/C7H5F3O2.C2H5I/c8-7(9,10)12-6-3-1-5(11)2-4-6;1-2-3/h1-4,11H;2H2,1H3. The highest BCUT2D eigenvalue weighted by atomic mass is 127. The second-order valence-corrected chi connectivity index (χ2v) is 3.83. The Morgan fingerprint density at radius 2 is 1.67 bits per heavy atom. The van der Waals surface area contributed by atoms with Crippen LogP contribution in [-0.2, 0) is 0 Å². The lowest BCUT2D eigenvalue weighted by Crippen LogP contribution is -2.16. The summed E-state index contributed by atoms with van der Waals surface area (Å²) in [6, 6.07) is 4.29. The van der Waals surface area contributed by atoms with Gasteiger partial charge in [-0.15, -0.1) is 13.2 Å². The molecule has 0 unspecified atom stereocenters. The van der Waals surface area contributed by atoms with Crippen LogP contribution < -0.4 is 4.74 Å². The van der Waals surface area contributed by atoms with Crippen LogP contribution in [-0.4, -0.2) is 15.9 Å². The summed E-state index contributed by atoms with van der Waals surface area (Å²) < 4.78 is 39.4. The third-order valence-electron chi connectivity index (χ3n) is 1.07. The zero-order valence-electron chi connectivity index (χ0n) is 7.88. The van der Waals surface area contributed by atoms with Crippen LogP contribution in [0.1, 0.15) is 6.92 Å². The zero-order valence-corrected chi connectivity index (χ0v) is 10.0. The maximum absolute atomic E-state index is 11.6. The van der Waals surface area contributed by atoms with E-state index >= 15 is 0 Å². The van der Waals surface area contributed by atoms with E-state index in [9.17, 15) is 13.2 Å². The van der Waals surface area contributed by atoms with Crippen molar-refractivity contribution in [3.8, 4) is 11.5 Å². The van der Waals surface area contributed by atoms with Gasteiger partial charge in [0.1, 0.15) is 11.5 Å². The van der Waals surface area contributed by atoms with Crippen LogP contribution in [0.2, 0.25) is 0 Å². The van der Waals surface area contributed by atoms with Gasteiger partial charge in [-0.1, -0.05) is 29.5 Å². The van der Waals surface area contributed by atoms with E-state index in [4.69, 9.17) is 5.11 Å². The maximum Gasteiger partial charge on any atom is 0.573 e. The van der Waals surface area contributed by atoms with Gasteiger partial charge in [0.15, 0.2) is 0 Å². The molecule has 0 saturated heterocycles. The number of ether oxygens (including phenoxy) is 1. The lowest BCUT2D eigenvalue weighted by Gasteiger charge is -2.07. The van der Waals surface area contributed by atoms with E-state index in [1.54, 1.807) is 0 Å². The van der Waals surface area contributed by atoms with Crippen LogP contribution in [0.15, 0.2) is 24.3 Å². The molecule has 0 aliphatic heterocycles. The van der Waals surface area contributed by atoms with Crippen molar-refractivity contribution >= 4 is 22.6 Å². The number of hydrogen-bond acceptors (Lipinski definition) is 2. The van der Waals surface area contributed by atoms with Crippen LogP contribution in [0.25, 0.3) is 0 Å². The Morgan fingerprint density at radius 1 is 1.27 bits per heavy atom. The predicted molar refractivity (Wildman–Crippen MR) is 59.4 cm³/mol. The maximum atomic E-state index is 11.6. The molecule has 6 heteroatoms. The number of benzene rings is 1. The summed E-state index contributed by atoms with van der Waals surface area (Å²) in [7, 11) is 0. The van der Waals surface area contributed by atoms with Crippen molar-refractivity contribution in [1.29, 1.82) is 0 Å². The third kappa shape index (κ3) is 8.34. The second-order valence-electron chi connectivity index (χ2n) is 2.31. The number of rotatable bonds is 1. The number of hydrogen-bond donors (Lipinski definition) is 1. The Bertz CT molecular complexity index is 272. The molecule has 0 aliphatic carbocycles. The van der Waals surface area contributed by atoms with Crippen LogP contribution in [0.3, 0.4) is 0 Å². The van der Waals surface area contributed by atoms with Crippen LogP contribution >= 0.6 is 22.6 Å². The first-order valence-corrected chi connectivity index (χ1v) is 5.52. The fourth-order valence-electron chi connectivity index (χ4n) is 0.648. The number of aromatic hydroxyl groups is 1. The van der Waals surface area contributed by atoms with E-state index in [-0.39, 0.29) is 11.5 Å². The summed E-state index contributed by atoms with van der Waals surface area (Å²) in [6.45, 7) is 2.11. The van der Waals surface area contributed by atoms with Gasteiger partial charge in [-0.25, -0.2) is 0 Å². The van der Waals surface area contributed by atoms with Crippen LogP contribution in [0.4, 0.5) is 13.2 Å². The molecule has 15 heavy (non-hydrogen) atoms. The van der Waals surface area contributed by atoms with Crippen molar-refractivity contribution in [2.75, 3.05) is 4.43 Å². The summed E-state index contributed by atoms with van der Waals surface area (Å²) in [6.07, 6.45) is -4.68. The van der Waals surface area contributed by atoms with E-state index < -0.39 is 6.36 Å². The summed E-state index contributed by atoms with van der Waals surface area (Å²) >= 11 is 2.29. The quantitative estimate of drug-likeness (QED) is 0.626. The summed E-state index contributed by atoms with van der Waals surface area (Å²) in [5.74, 6) is -0.454. The van der Waals surface area contributed by atoms with Crippen molar-refractivity contribution in [2.24, 2.45) is 0 Å². The van der Waals surface area contributed by atoms with E-state index in [2.05, 4.69) is 34.3 Å². The molecule has 0 heterocycles. The molecule has 0 aromatic heterocycles. The van der Waals surface area contributed by atoms with Crippen molar-refractivity contribution in [2.45, 2.75) is 13.3 Å². The molecule has 1 aromatic rings. The molecule has 0 radical (unpaired) electrons. The second kappa shape index (κ2) is 6.76. The Hall–Kier alpha value is -0.660. The molecular weight excluding hydrogens is 324 g/mol. The molecule has 1 N–H and O–H groups in total. The minimum atomic E-state index is -4.68. The SMILES string of the molecule is CCI.Oc1ccc(OC(F)(F)F)cc1. The summed E-state index contributed by atoms with van der Waals surface area (Å²) in [5, 5.41) is 8.72. The molecule has 0 saturated carbocycles. The first-order valence-electron chi connectivity index (χ1n) is 3.99. The van der Waals surface area contributed by atoms with Gasteiger partial charge in [-0.05, 0) is 28.7 Å². The van der Waals surface area contributed by atoms with E-state index in [1.807, 2.05) is 0 Å². The molecule has 0 spiro atoms. The highest BCUT2D eigenvalue weighted by Crippen LogP contribution is 2.23. The van der Waals surface area contributed by atoms with Crippen molar-refractivity contribution < 1.29 is 23.0 Å². The van der Waals surface area contributed by atoms with Crippen molar-refractivity contribution in [3.63, 3.8) is 0 Å². The Balaban J connectivity index is 0.000000583. The van der Waals surface area contributed by atoms with Crippen molar-refractivity contribution in [1.82, 2.24) is 0 Å². The Morgan fingerprint density at radius 3 is 2.00 bits per heavy atom. The monoisotopic (exact) mass is 334 g/mol. The number of phenolic OH excluding ortho intramolecular Hbond substituents is 1. The smallest absolute Gasteiger partial charge is 0.508 e. The number of phenols is 1. The van der Waals surface area contributed by atoms with E-state index in [0.29, 0.717) is 0 Å². The average molecular weight is 334 g/mol. The molecule has 0 aliphatic rings. The molecule has 86 valence electrons. The first-order chi connectivity index (χ1) is 6.89. The van der Waals surface area contributed by atoms with Gasteiger partial charge in [0.05, 0.1) is 0 Å². The van der Waals surface area contributed by atoms with Gasteiger partial charge in [0, 0.05) is 0 Å². The Kier molecular flexibility index (Phi) is 6.46. The lowest BCUT2D eigenvalue weighted by atomic mass is 10.3. The summed E-state index contributed by atoms with van der Waals surface area (Å²) in [5.41, 5.74) is 0. The normalized spacial score (nSPS) is 10.2. The van der Waals surface area contributed by atoms with E-state index in [0.717, 1.165) is 24.3 Å². The van der Waals surface area contributed by atoms with Gasteiger partial charge >= 0.3 is 6.36 Å². The third-order valence-corrected chi connectivity index (χ3v) is 1.07. The predicted octanol–water partition coefficient (Wildman–Crippen LogP) is 3.73. The number of alkyl halides is 4. The topological polar surface area (TPSA) is 29.5 Å². The lowest BCUT2D eigenvalue weighted by molar-refractivity contribution is -0.274. The molecule has 0 bridgehead atoms. The summed E-state index contributed by atoms with van der Waals surface area (Å²) in [4.78, 5) is 0. The van der Waals surface area contributed by atoms with Gasteiger partial charge < -0.3 is 9.84 Å². The highest BCUT2D eigenvalue weighted by Gasteiger charge is 2.30. The molecular formula is C9H10F3IO2. The van der Waals surface area contributed by atoms with Crippen LogP contribution in [0.5, 0.6) is 11.5 Å². The van der Waals surface area contributed by atoms with Gasteiger partial charge in [0.25, 0.3) is 0 Å². The highest BCUT2D eigenvalue weighted by molar-refractivity contribution is 14.1. The molecule has 0 fully saturated rings. The average Bonchev–Trinajstić information content (AvgIpc) is 2.08. The molecule has 0 amide bonds. The van der Waals surface area contributed by atoms with E-state index in [1.165, 1.54) is 4.43 Å². The molecule has 1 aromatic carbocycles. The minimum absolute atomic E-state index is 0.107. The fourth-order valence-corrected chi connectivity index (χ4v) is 0.648. The first kappa shape index (κ1) is 14.3. The minimum Gasteiger partial charge on any atom is -0.508 e. The fraction of sp³-hybridized carbons (Fsp3) is 0.333. The molecule has 1 rings (SSSR count). The molecule has 0 atom stereocenters.